The van der Waals surface area contributed by atoms with E-state index in [1.54, 1.807) is 0 Å². The highest BCUT2D eigenvalue weighted by atomic mass is 79.9. The quantitative estimate of drug-likeness (QED) is 0.700. The van der Waals surface area contributed by atoms with Crippen LogP contribution in [0.15, 0.2) is 10.5 Å². The highest BCUT2D eigenvalue weighted by Gasteiger charge is 2.32. The second kappa shape index (κ2) is 3.25. The van der Waals surface area contributed by atoms with Gasteiger partial charge in [-0.2, -0.15) is 0 Å². The maximum Gasteiger partial charge on any atom is 0.143 e. The Morgan fingerprint density at radius 2 is 2.14 bits per heavy atom. The third-order valence-corrected chi connectivity index (χ3v) is 3.21. The zero-order valence-electron chi connectivity index (χ0n) is 7.10. The topological polar surface area (TPSA) is 46.2 Å². The third-order valence-electron chi connectivity index (χ3n) is 2.48. The molecule has 0 heterocycles. The van der Waals surface area contributed by atoms with Crippen molar-refractivity contribution in [3.8, 4) is 0 Å². The summed E-state index contributed by atoms with van der Waals surface area (Å²) in [5, 5.41) is 9.40. The first-order chi connectivity index (χ1) is 6.52. The Morgan fingerprint density at radius 3 is 2.79 bits per heavy atom. The zero-order chi connectivity index (χ0) is 10.5. The van der Waals surface area contributed by atoms with Crippen LogP contribution in [0.1, 0.15) is 17.2 Å². The van der Waals surface area contributed by atoms with Crippen LogP contribution in [0.5, 0.6) is 0 Å². The van der Waals surface area contributed by atoms with E-state index in [9.17, 15) is 13.9 Å². The van der Waals surface area contributed by atoms with E-state index in [1.165, 1.54) is 6.07 Å². The van der Waals surface area contributed by atoms with Crippen molar-refractivity contribution in [2.24, 2.45) is 5.73 Å². The summed E-state index contributed by atoms with van der Waals surface area (Å²) in [5.41, 5.74) is 6.24. The van der Waals surface area contributed by atoms with Crippen LogP contribution in [0, 0.1) is 11.6 Å². The molecule has 5 heteroatoms. The Labute approximate surface area is 87.9 Å². The van der Waals surface area contributed by atoms with Gasteiger partial charge >= 0.3 is 0 Å². The highest BCUT2D eigenvalue weighted by Crippen LogP contribution is 2.35. The maximum atomic E-state index is 13.5. The largest absolute Gasteiger partial charge is 0.391 e. The number of hydrogen-bond donors (Lipinski definition) is 2. The Hall–Kier alpha value is -0.520. The van der Waals surface area contributed by atoms with Gasteiger partial charge in [-0.25, -0.2) is 8.78 Å². The van der Waals surface area contributed by atoms with Gasteiger partial charge in [0, 0.05) is 6.42 Å². The molecule has 0 unspecified atom stereocenters. The molecule has 0 spiro atoms. The monoisotopic (exact) mass is 263 g/mol. The molecule has 76 valence electrons. The zero-order valence-corrected chi connectivity index (χ0v) is 8.68. The number of nitrogens with two attached hydrogens (primary N) is 1. The minimum atomic E-state index is -0.826. The van der Waals surface area contributed by atoms with Gasteiger partial charge in [0.05, 0.1) is 16.6 Å². The maximum absolute atomic E-state index is 13.5. The van der Waals surface area contributed by atoms with Crippen LogP contribution < -0.4 is 5.73 Å². The van der Waals surface area contributed by atoms with Crippen LogP contribution in [0.2, 0.25) is 0 Å². The minimum absolute atomic E-state index is 0.140. The van der Waals surface area contributed by atoms with E-state index >= 15 is 0 Å². The fourth-order valence-electron chi connectivity index (χ4n) is 1.70. The Balaban J connectivity index is 2.64. The predicted octanol–water partition coefficient (Wildman–Crippen LogP) is 1.64. The van der Waals surface area contributed by atoms with Crippen molar-refractivity contribution in [1.82, 2.24) is 0 Å². The molecule has 0 amide bonds. The number of halogens is 3. The van der Waals surface area contributed by atoms with Gasteiger partial charge in [0.2, 0.25) is 0 Å². The molecule has 1 aromatic rings. The lowest BCUT2D eigenvalue weighted by atomic mass is 10.1. The second-order valence-electron chi connectivity index (χ2n) is 3.35. The van der Waals surface area contributed by atoms with Crippen LogP contribution >= 0.6 is 15.9 Å². The van der Waals surface area contributed by atoms with Crippen LogP contribution in [0.4, 0.5) is 8.78 Å². The summed E-state index contributed by atoms with van der Waals surface area (Å²) in [4.78, 5) is 0. The summed E-state index contributed by atoms with van der Waals surface area (Å²) in [6.45, 7) is 0. The van der Waals surface area contributed by atoms with E-state index in [2.05, 4.69) is 15.9 Å². The lowest BCUT2D eigenvalue weighted by Gasteiger charge is -2.09. The van der Waals surface area contributed by atoms with Crippen molar-refractivity contribution >= 4 is 15.9 Å². The summed E-state index contributed by atoms with van der Waals surface area (Å²) < 4.78 is 26.4. The lowest BCUT2D eigenvalue weighted by molar-refractivity contribution is 0.158. The Morgan fingerprint density at radius 1 is 1.50 bits per heavy atom. The number of aliphatic hydroxyl groups excluding tert-OH is 1. The molecule has 0 aliphatic heterocycles. The van der Waals surface area contributed by atoms with Gasteiger partial charge in [-0.3, -0.25) is 0 Å². The van der Waals surface area contributed by atoms with E-state index in [0.29, 0.717) is 11.1 Å². The van der Waals surface area contributed by atoms with Crippen molar-refractivity contribution in [2.45, 2.75) is 18.6 Å². The van der Waals surface area contributed by atoms with Gasteiger partial charge in [0.15, 0.2) is 0 Å². The fourth-order valence-corrected chi connectivity index (χ4v) is 2.05. The molecule has 0 saturated heterocycles. The van der Waals surface area contributed by atoms with Crippen molar-refractivity contribution in [1.29, 1.82) is 0 Å². The van der Waals surface area contributed by atoms with Crippen LogP contribution in [0.3, 0.4) is 0 Å². The summed E-state index contributed by atoms with van der Waals surface area (Å²) in [5.74, 6) is -1.35. The molecule has 0 aromatic heterocycles. The van der Waals surface area contributed by atoms with Gasteiger partial charge in [-0.15, -0.1) is 0 Å². The van der Waals surface area contributed by atoms with Gasteiger partial charge in [-0.1, -0.05) is 0 Å². The van der Waals surface area contributed by atoms with Crippen molar-refractivity contribution in [3.63, 3.8) is 0 Å². The standard InChI is InChI=1S/C9H8BrF2NO/c10-7-5(11)1-4-3(8(7)12)2-6(14)9(4)13/h1,6,9,14H,2,13H2/t6-,9+/m1/s1. The Bertz CT molecular complexity index is 397. The number of fused-ring (bicyclic) bond motifs is 1. The van der Waals surface area contributed by atoms with E-state index in [1.807, 2.05) is 0 Å². The molecule has 2 nitrogen and oxygen atoms in total. The second-order valence-corrected chi connectivity index (χ2v) is 4.14. The van der Waals surface area contributed by atoms with Gasteiger partial charge in [-0.05, 0) is 33.1 Å². The fraction of sp³-hybridized carbons (Fsp3) is 0.333. The molecule has 0 fully saturated rings. The molecule has 1 aromatic carbocycles. The molecule has 0 radical (unpaired) electrons. The molecule has 2 atom stereocenters. The number of rotatable bonds is 0. The van der Waals surface area contributed by atoms with Crippen molar-refractivity contribution in [2.75, 3.05) is 0 Å². The molecule has 1 aliphatic rings. The molecular formula is C9H8BrF2NO. The van der Waals surface area contributed by atoms with E-state index in [4.69, 9.17) is 5.73 Å². The SMILES string of the molecule is N[C@H]1c2cc(F)c(Br)c(F)c2C[C@H]1O. The average molecular weight is 264 g/mol. The number of benzene rings is 1. The smallest absolute Gasteiger partial charge is 0.143 e. The van der Waals surface area contributed by atoms with Gasteiger partial charge in [0.1, 0.15) is 11.6 Å². The van der Waals surface area contributed by atoms with E-state index < -0.39 is 23.8 Å². The molecule has 14 heavy (non-hydrogen) atoms. The number of hydrogen-bond acceptors (Lipinski definition) is 2. The predicted molar refractivity (Wildman–Crippen MR) is 50.7 cm³/mol. The van der Waals surface area contributed by atoms with Gasteiger partial charge < -0.3 is 10.8 Å². The summed E-state index contributed by atoms with van der Waals surface area (Å²) >= 11 is 2.80. The Kier molecular flexibility index (Phi) is 2.33. The molecule has 0 bridgehead atoms. The average Bonchev–Trinajstić information content (AvgIpc) is 2.42. The summed E-state index contributed by atoms with van der Waals surface area (Å²) in [6, 6.07) is 0.478. The summed E-state index contributed by atoms with van der Waals surface area (Å²) in [7, 11) is 0. The number of aliphatic hydroxyl groups is 1. The molecule has 3 N–H and O–H groups in total. The first kappa shape index (κ1) is 10.0. The first-order valence-corrected chi connectivity index (χ1v) is 4.91. The molecule has 1 aliphatic carbocycles. The third kappa shape index (κ3) is 1.27. The van der Waals surface area contributed by atoms with Crippen LogP contribution in [-0.2, 0) is 6.42 Å². The van der Waals surface area contributed by atoms with Gasteiger partial charge in [0.25, 0.3) is 0 Å². The van der Waals surface area contributed by atoms with E-state index in [-0.39, 0.29) is 10.9 Å². The highest BCUT2D eigenvalue weighted by molar-refractivity contribution is 9.10. The van der Waals surface area contributed by atoms with Crippen molar-refractivity contribution < 1.29 is 13.9 Å². The van der Waals surface area contributed by atoms with E-state index in [0.717, 1.165) is 0 Å². The van der Waals surface area contributed by atoms with Crippen LogP contribution in [0.25, 0.3) is 0 Å². The minimum Gasteiger partial charge on any atom is -0.391 e. The first-order valence-electron chi connectivity index (χ1n) is 4.12. The molecular weight excluding hydrogens is 256 g/mol. The molecule has 0 saturated carbocycles. The van der Waals surface area contributed by atoms with Crippen molar-refractivity contribution in [3.05, 3.63) is 33.3 Å². The normalized spacial score (nSPS) is 25.2. The summed E-state index contributed by atoms with van der Waals surface area (Å²) in [6.07, 6.45) is -0.686. The lowest BCUT2D eigenvalue weighted by Crippen LogP contribution is -2.21. The molecule has 2 rings (SSSR count). The van der Waals surface area contributed by atoms with Crippen LogP contribution in [-0.4, -0.2) is 11.2 Å².